The first-order chi connectivity index (χ1) is 9.81. The van der Waals surface area contributed by atoms with Crippen molar-refractivity contribution in [3.05, 3.63) is 28.5 Å². The number of hydrogen-bond donors (Lipinski definition) is 0. The second-order valence-corrected chi connectivity index (χ2v) is 7.73. The molecular formula is C16H23BrClN3. The van der Waals surface area contributed by atoms with Crippen LogP contribution in [0.2, 0.25) is 0 Å². The van der Waals surface area contributed by atoms with Gasteiger partial charge in [0.2, 0.25) is 0 Å². The van der Waals surface area contributed by atoms with E-state index in [1.54, 1.807) is 0 Å². The van der Waals surface area contributed by atoms with Gasteiger partial charge in [-0.2, -0.15) is 0 Å². The molecule has 0 spiro atoms. The van der Waals surface area contributed by atoms with Crippen LogP contribution in [0.25, 0.3) is 11.0 Å². The maximum Gasteiger partial charge on any atom is 0.128 e. The Hall–Kier alpha value is -0.580. The summed E-state index contributed by atoms with van der Waals surface area (Å²) in [6.07, 6.45) is 0. The SMILES string of the molecule is CC(Cl)c1nc2ccc(Br)cc2n1C(CN(C)C)C(C)C. The zero-order valence-corrected chi connectivity index (χ0v) is 15.6. The van der Waals surface area contributed by atoms with E-state index in [2.05, 4.69) is 59.4 Å². The van der Waals surface area contributed by atoms with Crippen LogP contribution in [0, 0.1) is 5.92 Å². The second kappa shape index (κ2) is 6.67. The standard InChI is InChI=1S/C16H23BrClN3/c1-10(2)15(9-20(4)5)21-14-8-12(17)6-7-13(14)19-16(21)11(3)18/h6-8,10-11,15H,9H2,1-5H3. The Morgan fingerprint density at radius 3 is 2.48 bits per heavy atom. The van der Waals surface area contributed by atoms with Gasteiger partial charge in [-0.25, -0.2) is 4.98 Å². The molecule has 0 amide bonds. The molecule has 1 aromatic carbocycles. The van der Waals surface area contributed by atoms with E-state index in [1.807, 2.05) is 19.1 Å². The highest BCUT2D eigenvalue weighted by Crippen LogP contribution is 2.32. The van der Waals surface area contributed by atoms with E-state index in [-0.39, 0.29) is 5.38 Å². The Balaban J connectivity index is 2.67. The van der Waals surface area contributed by atoms with Crippen molar-refractivity contribution in [3.63, 3.8) is 0 Å². The summed E-state index contributed by atoms with van der Waals surface area (Å²) in [4.78, 5) is 6.97. The van der Waals surface area contributed by atoms with Crippen LogP contribution in [0.4, 0.5) is 0 Å². The molecule has 5 heteroatoms. The first-order valence-electron chi connectivity index (χ1n) is 7.27. The molecule has 0 radical (unpaired) electrons. The summed E-state index contributed by atoms with van der Waals surface area (Å²) in [5.74, 6) is 1.45. The number of likely N-dealkylation sites (N-methyl/N-ethyl adjacent to an activating group) is 1. The van der Waals surface area contributed by atoms with Crippen molar-refractivity contribution in [2.45, 2.75) is 32.2 Å². The number of hydrogen-bond acceptors (Lipinski definition) is 2. The maximum absolute atomic E-state index is 6.40. The quantitative estimate of drug-likeness (QED) is 0.699. The molecule has 0 N–H and O–H groups in total. The predicted octanol–water partition coefficient (Wildman–Crippen LogP) is 4.86. The number of rotatable bonds is 5. The third-order valence-corrected chi connectivity index (χ3v) is 4.38. The minimum Gasteiger partial charge on any atom is -0.322 e. The van der Waals surface area contributed by atoms with E-state index in [9.17, 15) is 0 Å². The Morgan fingerprint density at radius 1 is 1.29 bits per heavy atom. The molecule has 1 heterocycles. The van der Waals surface area contributed by atoms with Crippen molar-refractivity contribution in [3.8, 4) is 0 Å². The number of halogens is 2. The highest BCUT2D eigenvalue weighted by Gasteiger charge is 2.24. The van der Waals surface area contributed by atoms with Crippen molar-refractivity contribution in [1.29, 1.82) is 0 Å². The molecule has 2 unspecified atom stereocenters. The van der Waals surface area contributed by atoms with Crippen LogP contribution in [-0.4, -0.2) is 35.1 Å². The van der Waals surface area contributed by atoms with E-state index in [0.717, 1.165) is 27.9 Å². The fourth-order valence-corrected chi connectivity index (χ4v) is 3.18. The molecule has 2 aromatic rings. The fraction of sp³-hybridized carbons (Fsp3) is 0.562. The molecule has 0 saturated heterocycles. The zero-order chi connectivity index (χ0) is 15.7. The molecule has 0 aliphatic carbocycles. The van der Waals surface area contributed by atoms with Crippen molar-refractivity contribution in [2.24, 2.45) is 5.92 Å². The number of aromatic nitrogens is 2. The van der Waals surface area contributed by atoms with E-state index in [0.29, 0.717) is 12.0 Å². The number of alkyl halides is 1. The number of benzene rings is 1. The number of nitrogens with zero attached hydrogens (tertiary/aromatic N) is 3. The summed E-state index contributed by atoms with van der Waals surface area (Å²) in [6.45, 7) is 7.45. The summed E-state index contributed by atoms with van der Waals surface area (Å²) in [5, 5.41) is -0.111. The van der Waals surface area contributed by atoms with E-state index >= 15 is 0 Å². The predicted molar refractivity (Wildman–Crippen MR) is 94.1 cm³/mol. The van der Waals surface area contributed by atoms with E-state index < -0.39 is 0 Å². The topological polar surface area (TPSA) is 21.1 Å². The lowest BCUT2D eigenvalue weighted by molar-refractivity contribution is 0.269. The van der Waals surface area contributed by atoms with Gasteiger partial charge in [0, 0.05) is 11.0 Å². The minimum atomic E-state index is -0.111. The van der Waals surface area contributed by atoms with Crippen molar-refractivity contribution in [2.75, 3.05) is 20.6 Å². The smallest absolute Gasteiger partial charge is 0.128 e. The summed E-state index contributed by atoms with van der Waals surface area (Å²) >= 11 is 9.96. The molecule has 2 rings (SSSR count). The molecule has 0 fully saturated rings. The molecule has 21 heavy (non-hydrogen) atoms. The van der Waals surface area contributed by atoms with Crippen molar-refractivity contribution < 1.29 is 0 Å². The maximum atomic E-state index is 6.40. The number of fused-ring (bicyclic) bond motifs is 1. The highest BCUT2D eigenvalue weighted by atomic mass is 79.9. The number of imidazole rings is 1. The molecule has 1 aromatic heterocycles. The summed E-state index contributed by atoms with van der Waals surface area (Å²) in [5.41, 5.74) is 2.15. The average Bonchev–Trinajstić information content (AvgIpc) is 2.74. The van der Waals surface area contributed by atoms with Crippen molar-refractivity contribution in [1.82, 2.24) is 14.5 Å². The van der Waals surface area contributed by atoms with Gasteiger partial charge in [0.25, 0.3) is 0 Å². The Bertz CT molecular complexity index is 619. The summed E-state index contributed by atoms with van der Waals surface area (Å²) in [6, 6.07) is 6.55. The first-order valence-corrected chi connectivity index (χ1v) is 8.50. The largest absolute Gasteiger partial charge is 0.322 e. The zero-order valence-electron chi connectivity index (χ0n) is 13.3. The minimum absolute atomic E-state index is 0.111. The second-order valence-electron chi connectivity index (χ2n) is 6.16. The van der Waals surface area contributed by atoms with Crippen molar-refractivity contribution >= 4 is 38.6 Å². The Labute approximate surface area is 140 Å². The first kappa shape index (κ1) is 16.8. The average molecular weight is 373 g/mol. The van der Waals surface area contributed by atoms with Gasteiger partial charge in [-0.1, -0.05) is 29.8 Å². The monoisotopic (exact) mass is 371 g/mol. The third kappa shape index (κ3) is 3.61. The van der Waals surface area contributed by atoms with Gasteiger partial charge in [-0.15, -0.1) is 11.6 Å². The van der Waals surface area contributed by atoms with E-state index in [1.165, 1.54) is 0 Å². The lowest BCUT2D eigenvalue weighted by Crippen LogP contribution is -2.29. The Kier molecular flexibility index (Phi) is 5.33. The van der Waals surface area contributed by atoms with Gasteiger partial charge < -0.3 is 9.47 Å². The summed E-state index contributed by atoms with van der Waals surface area (Å²) < 4.78 is 3.39. The molecule has 0 bridgehead atoms. The molecule has 0 saturated carbocycles. The van der Waals surface area contributed by atoms with Gasteiger partial charge in [0.05, 0.1) is 22.5 Å². The lowest BCUT2D eigenvalue weighted by atomic mass is 10.0. The van der Waals surface area contributed by atoms with Crippen LogP contribution in [0.5, 0.6) is 0 Å². The molecular weight excluding hydrogens is 350 g/mol. The van der Waals surface area contributed by atoms with Crippen LogP contribution >= 0.6 is 27.5 Å². The molecule has 0 aliphatic heterocycles. The molecule has 0 aliphatic rings. The molecule has 2 atom stereocenters. The Morgan fingerprint density at radius 2 is 1.95 bits per heavy atom. The van der Waals surface area contributed by atoms with Gasteiger partial charge in [-0.05, 0) is 45.1 Å². The van der Waals surface area contributed by atoms with Crippen LogP contribution in [0.3, 0.4) is 0 Å². The van der Waals surface area contributed by atoms with Gasteiger partial charge >= 0.3 is 0 Å². The lowest BCUT2D eigenvalue weighted by Gasteiger charge is -2.28. The third-order valence-electron chi connectivity index (χ3n) is 3.69. The fourth-order valence-electron chi connectivity index (χ4n) is 2.68. The molecule has 3 nitrogen and oxygen atoms in total. The van der Waals surface area contributed by atoms with Gasteiger partial charge in [-0.3, -0.25) is 0 Å². The van der Waals surface area contributed by atoms with Crippen LogP contribution in [0.15, 0.2) is 22.7 Å². The van der Waals surface area contributed by atoms with Gasteiger partial charge in [0.15, 0.2) is 0 Å². The normalized spacial score (nSPS) is 15.1. The van der Waals surface area contributed by atoms with E-state index in [4.69, 9.17) is 16.6 Å². The molecule has 116 valence electrons. The van der Waals surface area contributed by atoms with Gasteiger partial charge in [0.1, 0.15) is 5.82 Å². The highest BCUT2D eigenvalue weighted by molar-refractivity contribution is 9.10. The van der Waals surface area contributed by atoms with Crippen LogP contribution < -0.4 is 0 Å². The summed E-state index contributed by atoms with van der Waals surface area (Å²) in [7, 11) is 4.21. The van der Waals surface area contributed by atoms with Crippen LogP contribution in [0.1, 0.15) is 38.0 Å². The van der Waals surface area contributed by atoms with Crippen LogP contribution in [-0.2, 0) is 0 Å².